The predicted octanol–water partition coefficient (Wildman–Crippen LogP) is -1.31. The number of hydrazine groups is 1. The molecule has 6 heteroatoms. The molecular formula is C6H12N4O2. The smallest absolute Gasteiger partial charge is 0.320 e. The van der Waals surface area contributed by atoms with Crippen molar-refractivity contribution in [3.8, 4) is 0 Å². The van der Waals surface area contributed by atoms with Gasteiger partial charge in [-0.15, -0.1) is 0 Å². The van der Waals surface area contributed by atoms with Crippen molar-refractivity contribution in [3.63, 3.8) is 0 Å². The Balaban J connectivity index is 2.66. The number of nitrogens with zero attached hydrogens (tertiary/aromatic N) is 2. The van der Waals surface area contributed by atoms with Gasteiger partial charge in [0, 0.05) is 14.1 Å². The zero-order chi connectivity index (χ0) is 9.30. The highest BCUT2D eigenvalue weighted by atomic mass is 16.2. The molecule has 1 aliphatic heterocycles. The maximum absolute atomic E-state index is 11.1. The monoisotopic (exact) mass is 172 g/mol. The van der Waals surface area contributed by atoms with Crippen LogP contribution in [0, 0.1) is 0 Å². The fourth-order valence-corrected chi connectivity index (χ4v) is 0.952. The minimum Gasteiger partial charge on any atom is -0.320 e. The van der Waals surface area contributed by atoms with E-state index in [-0.39, 0.29) is 18.5 Å². The van der Waals surface area contributed by atoms with Crippen LogP contribution in [0.1, 0.15) is 6.42 Å². The van der Waals surface area contributed by atoms with Gasteiger partial charge in [-0.3, -0.25) is 15.5 Å². The van der Waals surface area contributed by atoms with E-state index in [1.54, 1.807) is 7.05 Å². The van der Waals surface area contributed by atoms with Gasteiger partial charge in [-0.25, -0.2) is 9.80 Å². The summed E-state index contributed by atoms with van der Waals surface area (Å²) in [5.74, 6) is 5.16. The Labute approximate surface area is 70.3 Å². The van der Waals surface area contributed by atoms with Gasteiger partial charge in [-0.05, 0) is 0 Å². The molecule has 6 nitrogen and oxygen atoms in total. The summed E-state index contributed by atoms with van der Waals surface area (Å²) in [6, 6.07) is -0.409. The summed E-state index contributed by atoms with van der Waals surface area (Å²) in [5.41, 5.74) is 0. The summed E-state index contributed by atoms with van der Waals surface area (Å²) in [5, 5.41) is 3.87. The maximum Gasteiger partial charge on any atom is 0.325 e. The molecule has 12 heavy (non-hydrogen) atoms. The first-order chi connectivity index (χ1) is 5.52. The van der Waals surface area contributed by atoms with Gasteiger partial charge in [0.25, 0.3) is 0 Å². The number of hydrogen-bond acceptors (Lipinski definition) is 4. The Morgan fingerprint density at radius 1 is 1.67 bits per heavy atom. The van der Waals surface area contributed by atoms with Gasteiger partial charge in [-0.1, -0.05) is 0 Å². The average Bonchev–Trinajstić information content (AvgIpc) is 1.99. The van der Waals surface area contributed by atoms with Gasteiger partial charge in [-0.2, -0.15) is 0 Å². The van der Waals surface area contributed by atoms with E-state index in [4.69, 9.17) is 5.84 Å². The predicted molar refractivity (Wildman–Crippen MR) is 41.7 cm³/mol. The second-order valence-electron chi connectivity index (χ2n) is 2.79. The molecule has 1 fully saturated rings. The van der Waals surface area contributed by atoms with E-state index in [9.17, 15) is 9.59 Å². The zero-order valence-corrected chi connectivity index (χ0v) is 7.07. The van der Waals surface area contributed by atoms with E-state index in [1.807, 2.05) is 0 Å². The lowest BCUT2D eigenvalue weighted by Crippen LogP contribution is -2.59. The highest BCUT2D eigenvalue weighted by Gasteiger charge is 2.30. The third-order valence-electron chi connectivity index (χ3n) is 1.83. The van der Waals surface area contributed by atoms with Gasteiger partial charge < -0.3 is 5.32 Å². The van der Waals surface area contributed by atoms with E-state index in [0.29, 0.717) is 0 Å². The molecule has 68 valence electrons. The third kappa shape index (κ3) is 1.54. The van der Waals surface area contributed by atoms with Crippen LogP contribution >= 0.6 is 0 Å². The van der Waals surface area contributed by atoms with Crippen LogP contribution < -0.4 is 11.2 Å². The number of hydrogen-bond donors (Lipinski definition) is 2. The molecule has 3 N–H and O–H groups in total. The Bertz CT molecular complexity index is 198. The van der Waals surface area contributed by atoms with Crippen molar-refractivity contribution in [2.75, 3.05) is 14.1 Å². The maximum atomic E-state index is 11.1. The van der Waals surface area contributed by atoms with Gasteiger partial charge in [0.2, 0.25) is 5.91 Å². The first-order valence-electron chi connectivity index (χ1n) is 3.57. The molecule has 0 saturated carbocycles. The van der Waals surface area contributed by atoms with E-state index >= 15 is 0 Å². The summed E-state index contributed by atoms with van der Waals surface area (Å²) in [6.07, 6.45) is -0.170. The molecular weight excluding hydrogens is 160 g/mol. The van der Waals surface area contributed by atoms with Gasteiger partial charge in [0.05, 0.1) is 6.42 Å². The quantitative estimate of drug-likeness (QED) is 0.380. The number of nitrogens with one attached hydrogen (secondary N) is 1. The standard InChI is InChI=1S/C6H12N4O2/c1-9-5(11)3-4(10(2)7)8-6(9)12/h4H,3,7H2,1-2H3,(H,8,12). The van der Waals surface area contributed by atoms with E-state index in [2.05, 4.69) is 5.32 Å². The second kappa shape index (κ2) is 3.08. The van der Waals surface area contributed by atoms with Crippen molar-refractivity contribution in [1.29, 1.82) is 0 Å². The lowest BCUT2D eigenvalue weighted by molar-refractivity contribution is -0.130. The number of nitrogens with two attached hydrogens (primary N) is 1. The summed E-state index contributed by atoms with van der Waals surface area (Å²) >= 11 is 0. The van der Waals surface area contributed by atoms with Crippen LogP contribution in [0.2, 0.25) is 0 Å². The molecule has 0 spiro atoms. The molecule has 0 aromatic rings. The van der Waals surface area contributed by atoms with Crippen LogP contribution in [0.15, 0.2) is 0 Å². The number of urea groups is 1. The summed E-state index contributed by atoms with van der Waals surface area (Å²) in [4.78, 5) is 23.2. The van der Waals surface area contributed by atoms with Crippen molar-refractivity contribution in [2.24, 2.45) is 5.84 Å². The molecule has 0 aliphatic carbocycles. The van der Waals surface area contributed by atoms with Gasteiger partial charge >= 0.3 is 6.03 Å². The van der Waals surface area contributed by atoms with Crippen molar-refractivity contribution < 1.29 is 9.59 Å². The lowest BCUT2D eigenvalue weighted by atomic mass is 10.2. The Hall–Kier alpha value is -1.14. The number of amides is 3. The fraction of sp³-hybridized carbons (Fsp3) is 0.667. The van der Waals surface area contributed by atoms with Gasteiger partial charge in [0.1, 0.15) is 6.17 Å². The number of carbonyl (C=O) groups is 2. The molecule has 0 radical (unpaired) electrons. The van der Waals surface area contributed by atoms with Crippen LogP contribution in [0.4, 0.5) is 4.79 Å². The highest BCUT2D eigenvalue weighted by molar-refractivity contribution is 5.96. The van der Waals surface area contributed by atoms with Crippen molar-refractivity contribution in [3.05, 3.63) is 0 Å². The Morgan fingerprint density at radius 3 is 2.67 bits per heavy atom. The summed E-state index contributed by atoms with van der Waals surface area (Å²) < 4.78 is 0. The largest absolute Gasteiger partial charge is 0.325 e. The molecule has 1 atom stereocenters. The average molecular weight is 172 g/mol. The van der Waals surface area contributed by atoms with Crippen molar-refractivity contribution in [1.82, 2.24) is 15.2 Å². The van der Waals surface area contributed by atoms with E-state index in [1.165, 1.54) is 12.1 Å². The SMILES string of the molecule is CN1C(=O)CC(N(C)N)NC1=O. The minimum absolute atomic E-state index is 0.217. The summed E-state index contributed by atoms with van der Waals surface area (Å²) in [6.45, 7) is 0. The molecule has 0 aromatic carbocycles. The summed E-state index contributed by atoms with van der Waals surface area (Å²) in [7, 11) is 3.04. The molecule has 3 amide bonds. The van der Waals surface area contributed by atoms with Crippen LogP contribution in [-0.4, -0.2) is 42.1 Å². The van der Waals surface area contributed by atoms with Gasteiger partial charge in [0.15, 0.2) is 0 Å². The molecule has 1 saturated heterocycles. The topological polar surface area (TPSA) is 78.7 Å². The minimum atomic E-state index is -0.409. The molecule has 0 aromatic heterocycles. The van der Waals surface area contributed by atoms with Crippen LogP contribution in [0.25, 0.3) is 0 Å². The number of carbonyl (C=O) groups excluding carboxylic acids is 2. The van der Waals surface area contributed by atoms with Crippen LogP contribution in [-0.2, 0) is 4.79 Å². The Kier molecular flexibility index (Phi) is 2.30. The van der Waals surface area contributed by atoms with E-state index in [0.717, 1.165) is 4.90 Å². The zero-order valence-electron chi connectivity index (χ0n) is 7.07. The molecule has 0 bridgehead atoms. The highest BCUT2D eigenvalue weighted by Crippen LogP contribution is 2.05. The van der Waals surface area contributed by atoms with Crippen LogP contribution in [0.3, 0.4) is 0 Å². The molecule has 1 heterocycles. The van der Waals surface area contributed by atoms with Crippen molar-refractivity contribution >= 4 is 11.9 Å². The lowest BCUT2D eigenvalue weighted by Gasteiger charge is -2.32. The fourth-order valence-electron chi connectivity index (χ4n) is 0.952. The van der Waals surface area contributed by atoms with Crippen molar-refractivity contribution in [2.45, 2.75) is 12.6 Å². The molecule has 1 unspecified atom stereocenters. The second-order valence-corrected chi connectivity index (χ2v) is 2.79. The number of imide groups is 1. The first kappa shape index (κ1) is 8.95. The van der Waals surface area contributed by atoms with E-state index < -0.39 is 6.03 Å². The van der Waals surface area contributed by atoms with Crippen LogP contribution in [0.5, 0.6) is 0 Å². The first-order valence-corrected chi connectivity index (χ1v) is 3.57. The normalized spacial score (nSPS) is 24.7. The Morgan fingerprint density at radius 2 is 2.25 bits per heavy atom. The molecule has 1 aliphatic rings. The third-order valence-corrected chi connectivity index (χ3v) is 1.83. The number of rotatable bonds is 1. The molecule has 1 rings (SSSR count).